The first-order valence-electron chi connectivity index (χ1n) is 7.06. The highest BCUT2D eigenvalue weighted by molar-refractivity contribution is 6.00. The number of carbonyl (C=O) groups excluding carboxylic acids is 1. The van der Waals surface area contributed by atoms with Crippen LogP contribution in [0.25, 0.3) is 10.9 Å². The SMILES string of the molecule is C[C@@](O)(CC(=O)Nc1cccc2cn[nH]c12)c1ccccc1. The number of aromatic amines is 1. The second-order valence-electron chi connectivity index (χ2n) is 5.50. The molecule has 3 rings (SSSR count). The molecule has 0 aliphatic rings. The normalized spacial score (nSPS) is 13.7. The predicted octanol–water partition coefficient (Wildman–Crippen LogP) is 2.80. The monoisotopic (exact) mass is 295 g/mol. The van der Waals surface area contributed by atoms with Crippen LogP contribution in [0.4, 0.5) is 5.69 Å². The van der Waals surface area contributed by atoms with Gasteiger partial charge >= 0.3 is 0 Å². The van der Waals surface area contributed by atoms with Crippen LogP contribution >= 0.6 is 0 Å². The molecule has 112 valence electrons. The molecule has 1 amide bonds. The second kappa shape index (κ2) is 5.61. The van der Waals surface area contributed by atoms with Crippen LogP contribution in [-0.2, 0) is 10.4 Å². The van der Waals surface area contributed by atoms with E-state index in [1.54, 1.807) is 19.2 Å². The molecule has 1 heterocycles. The average Bonchev–Trinajstić information content (AvgIpc) is 2.97. The van der Waals surface area contributed by atoms with E-state index in [0.717, 1.165) is 10.9 Å². The van der Waals surface area contributed by atoms with Gasteiger partial charge < -0.3 is 10.4 Å². The van der Waals surface area contributed by atoms with Gasteiger partial charge in [0.25, 0.3) is 0 Å². The Morgan fingerprint density at radius 2 is 2.00 bits per heavy atom. The van der Waals surface area contributed by atoms with Crippen LogP contribution in [0.15, 0.2) is 54.7 Å². The molecule has 0 aliphatic heterocycles. The number of H-pyrrole nitrogens is 1. The van der Waals surface area contributed by atoms with Gasteiger partial charge in [-0.1, -0.05) is 42.5 Å². The smallest absolute Gasteiger partial charge is 0.227 e. The summed E-state index contributed by atoms with van der Waals surface area (Å²) in [6.07, 6.45) is 1.67. The Labute approximate surface area is 128 Å². The lowest BCUT2D eigenvalue weighted by molar-refractivity contribution is -0.120. The molecule has 1 aromatic heterocycles. The zero-order chi connectivity index (χ0) is 15.6. The summed E-state index contributed by atoms with van der Waals surface area (Å²) in [4.78, 5) is 12.3. The van der Waals surface area contributed by atoms with Gasteiger partial charge in [0.05, 0.1) is 29.4 Å². The maximum absolute atomic E-state index is 12.3. The molecule has 0 radical (unpaired) electrons. The van der Waals surface area contributed by atoms with Crippen LogP contribution in [0.5, 0.6) is 0 Å². The minimum atomic E-state index is -1.22. The van der Waals surface area contributed by atoms with Crippen molar-refractivity contribution in [2.45, 2.75) is 18.9 Å². The fourth-order valence-corrected chi connectivity index (χ4v) is 2.48. The number of anilines is 1. The van der Waals surface area contributed by atoms with Gasteiger partial charge in [-0.05, 0) is 18.6 Å². The largest absolute Gasteiger partial charge is 0.385 e. The maximum atomic E-state index is 12.3. The molecule has 0 saturated heterocycles. The molecule has 3 N–H and O–H groups in total. The Morgan fingerprint density at radius 1 is 1.23 bits per heavy atom. The van der Waals surface area contributed by atoms with E-state index in [0.29, 0.717) is 11.3 Å². The summed E-state index contributed by atoms with van der Waals surface area (Å²) in [5, 5.41) is 21.1. The van der Waals surface area contributed by atoms with Crippen LogP contribution in [0.1, 0.15) is 18.9 Å². The molecule has 1 atom stereocenters. The minimum absolute atomic E-state index is 0.0263. The third-order valence-electron chi connectivity index (χ3n) is 3.65. The lowest BCUT2D eigenvalue weighted by atomic mass is 9.92. The summed E-state index contributed by atoms with van der Waals surface area (Å²) < 4.78 is 0. The lowest BCUT2D eigenvalue weighted by Gasteiger charge is -2.23. The van der Waals surface area contributed by atoms with Crippen molar-refractivity contribution < 1.29 is 9.90 Å². The van der Waals surface area contributed by atoms with Crippen LogP contribution in [0, 0.1) is 0 Å². The van der Waals surface area contributed by atoms with Crippen molar-refractivity contribution in [2.75, 3.05) is 5.32 Å². The van der Waals surface area contributed by atoms with Gasteiger partial charge in [0.15, 0.2) is 0 Å². The topological polar surface area (TPSA) is 78.0 Å². The number of para-hydroxylation sites is 1. The van der Waals surface area contributed by atoms with E-state index in [1.807, 2.05) is 42.5 Å². The Balaban J connectivity index is 1.77. The molecule has 22 heavy (non-hydrogen) atoms. The standard InChI is InChI=1S/C17H17N3O2/c1-17(22,13-7-3-2-4-8-13)10-15(21)19-14-9-5-6-12-11-18-20-16(12)14/h2-9,11,22H,10H2,1H3,(H,18,20)(H,19,21)/t17-/m1/s1. The van der Waals surface area contributed by atoms with Crippen molar-refractivity contribution in [2.24, 2.45) is 0 Å². The quantitative estimate of drug-likeness (QED) is 0.692. The first kappa shape index (κ1) is 14.3. The highest BCUT2D eigenvalue weighted by Crippen LogP contribution is 2.26. The zero-order valence-electron chi connectivity index (χ0n) is 12.2. The molecule has 0 spiro atoms. The van der Waals surface area contributed by atoms with E-state index < -0.39 is 5.60 Å². The van der Waals surface area contributed by atoms with Crippen LogP contribution < -0.4 is 5.32 Å². The van der Waals surface area contributed by atoms with Crippen LogP contribution in [0.2, 0.25) is 0 Å². The summed E-state index contributed by atoms with van der Waals surface area (Å²) in [6.45, 7) is 1.64. The van der Waals surface area contributed by atoms with Gasteiger partial charge in [0.2, 0.25) is 5.91 Å². The fourth-order valence-electron chi connectivity index (χ4n) is 2.48. The number of hydrogen-bond acceptors (Lipinski definition) is 3. The van der Waals surface area contributed by atoms with Crippen molar-refractivity contribution >= 4 is 22.5 Å². The van der Waals surface area contributed by atoms with E-state index >= 15 is 0 Å². The van der Waals surface area contributed by atoms with Crippen LogP contribution in [-0.4, -0.2) is 21.2 Å². The predicted molar refractivity (Wildman–Crippen MR) is 85.4 cm³/mol. The number of rotatable bonds is 4. The number of aliphatic hydroxyl groups is 1. The van der Waals surface area contributed by atoms with Gasteiger partial charge in [-0.3, -0.25) is 9.89 Å². The molecule has 0 bridgehead atoms. The fraction of sp³-hybridized carbons (Fsp3) is 0.176. The van der Waals surface area contributed by atoms with Crippen molar-refractivity contribution in [1.82, 2.24) is 10.2 Å². The molecule has 5 nitrogen and oxygen atoms in total. The zero-order valence-corrected chi connectivity index (χ0v) is 12.2. The first-order chi connectivity index (χ1) is 10.6. The average molecular weight is 295 g/mol. The number of nitrogens with one attached hydrogen (secondary N) is 2. The van der Waals surface area contributed by atoms with Gasteiger partial charge in [0.1, 0.15) is 0 Å². The Morgan fingerprint density at radius 3 is 2.77 bits per heavy atom. The van der Waals surface area contributed by atoms with Crippen LogP contribution in [0.3, 0.4) is 0 Å². The van der Waals surface area contributed by atoms with Crippen molar-refractivity contribution in [3.05, 3.63) is 60.3 Å². The Hall–Kier alpha value is -2.66. The summed E-state index contributed by atoms with van der Waals surface area (Å²) in [5.41, 5.74) is 0.928. The maximum Gasteiger partial charge on any atom is 0.227 e. The summed E-state index contributed by atoms with van der Waals surface area (Å²) in [5.74, 6) is -0.254. The lowest BCUT2D eigenvalue weighted by Crippen LogP contribution is -2.28. The van der Waals surface area contributed by atoms with E-state index in [2.05, 4.69) is 15.5 Å². The third kappa shape index (κ3) is 2.84. The third-order valence-corrected chi connectivity index (χ3v) is 3.65. The number of fused-ring (bicyclic) bond motifs is 1. The van der Waals surface area contributed by atoms with E-state index in [1.165, 1.54) is 0 Å². The van der Waals surface area contributed by atoms with E-state index in [9.17, 15) is 9.90 Å². The van der Waals surface area contributed by atoms with E-state index in [-0.39, 0.29) is 12.3 Å². The van der Waals surface area contributed by atoms with Crippen molar-refractivity contribution in [1.29, 1.82) is 0 Å². The molecule has 3 aromatic rings. The molecular weight excluding hydrogens is 278 g/mol. The van der Waals surface area contributed by atoms with Crippen molar-refractivity contribution in [3.63, 3.8) is 0 Å². The number of benzene rings is 2. The van der Waals surface area contributed by atoms with Gasteiger partial charge in [-0.25, -0.2) is 0 Å². The molecule has 0 saturated carbocycles. The van der Waals surface area contributed by atoms with Gasteiger partial charge in [-0.15, -0.1) is 0 Å². The highest BCUT2D eigenvalue weighted by Gasteiger charge is 2.26. The summed E-state index contributed by atoms with van der Waals surface area (Å²) in [6, 6.07) is 14.7. The Bertz CT molecular complexity index is 794. The number of hydrogen-bond donors (Lipinski definition) is 3. The second-order valence-corrected chi connectivity index (χ2v) is 5.50. The van der Waals surface area contributed by atoms with Gasteiger partial charge in [0, 0.05) is 5.39 Å². The minimum Gasteiger partial charge on any atom is -0.385 e. The van der Waals surface area contributed by atoms with E-state index in [4.69, 9.17) is 0 Å². The molecular formula is C17H17N3O2. The van der Waals surface area contributed by atoms with Gasteiger partial charge in [-0.2, -0.15) is 5.10 Å². The summed E-state index contributed by atoms with van der Waals surface area (Å²) in [7, 11) is 0. The summed E-state index contributed by atoms with van der Waals surface area (Å²) >= 11 is 0. The number of carbonyl (C=O) groups is 1. The number of amides is 1. The molecule has 5 heteroatoms. The highest BCUT2D eigenvalue weighted by atomic mass is 16.3. The van der Waals surface area contributed by atoms with Crippen molar-refractivity contribution in [3.8, 4) is 0 Å². The Kier molecular flexibility index (Phi) is 3.65. The molecule has 2 aromatic carbocycles. The molecule has 0 unspecified atom stereocenters. The molecule has 0 fully saturated rings. The first-order valence-corrected chi connectivity index (χ1v) is 7.06. The number of aromatic nitrogens is 2. The number of nitrogens with zero attached hydrogens (tertiary/aromatic N) is 1. The molecule has 0 aliphatic carbocycles.